The third-order valence-electron chi connectivity index (χ3n) is 19.6. The monoisotopic (exact) mass is 1450 g/mol. The molecule has 0 saturated heterocycles. The molecule has 1 fully saturated rings. The first-order valence-electron chi connectivity index (χ1n) is 33.2. The zero-order valence-corrected chi connectivity index (χ0v) is 61.9. The van der Waals surface area contributed by atoms with E-state index in [0.29, 0.717) is 0 Å². The van der Waals surface area contributed by atoms with Gasteiger partial charge in [-0.15, -0.1) is 0 Å². The highest BCUT2D eigenvalue weighted by Gasteiger charge is 2.37. The molecule has 8 aromatic carbocycles. The summed E-state index contributed by atoms with van der Waals surface area (Å²) in [4.78, 5) is 14.9. The summed E-state index contributed by atoms with van der Waals surface area (Å²) >= 11 is 12.6. The van der Waals surface area contributed by atoms with Crippen LogP contribution in [-0.4, -0.2) is 15.0 Å². The Morgan fingerprint density at radius 1 is 0.305 bits per heavy atom. The Kier molecular flexibility index (Phi) is 18.8. The lowest BCUT2D eigenvalue weighted by Crippen LogP contribution is -2.23. The van der Waals surface area contributed by atoms with Crippen LogP contribution < -0.4 is 0 Å². The fourth-order valence-corrected chi connectivity index (χ4v) is 15.7. The van der Waals surface area contributed by atoms with Crippen LogP contribution in [0.4, 0.5) is 8.78 Å². The molecule has 0 N–H and O–H groups in total. The lowest BCUT2D eigenvalue weighted by Gasteiger charge is -2.39. The first-order chi connectivity index (χ1) is 44.9. The van der Waals surface area contributed by atoms with Crippen LogP contribution >= 0.6 is 47.8 Å². The molecule has 1 saturated carbocycles. The Morgan fingerprint density at radius 3 is 1.01 bits per heavy atom. The number of hydrogen-bond donors (Lipinski definition) is 0. The molecule has 2 atom stereocenters. The SMILES string of the molecule is Cc1cc(-c2ccc(-c3cc(C(C)(C)C)ccc3C3CC(c4ccc(C(C)(C)C)cc4-c4ccc(-c5cc(C)c(-c6ccc(F)cc6)cn5)cc4Br)CC(c4cc(C(C)(C)C)ccc4-c4ccc(-c5cc(C(C)(C)C)ccn5)cc4Br)C3)c(Br)c2)ncc1-c1ccc(F)cc1. The molecule has 0 spiro atoms. The topological polar surface area (TPSA) is 38.7 Å². The van der Waals surface area contributed by atoms with Gasteiger partial charge in [-0.2, -0.15) is 0 Å². The van der Waals surface area contributed by atoms with Crippen LogP contribution in [0, 0.1) is 25.5 Å². The Bertz CT molecular complexity index is 4500. The number of hydrogen-bond acceptors (Lipinski definition) is 3. The molecule has 3 heterocycles. The lowest BCUT2D eigenvalue weighted by atomic mass is 9.65. The Balaban J connectivity index is 1.01. The van der Waals surface area contributed by atoms with Crippen molar-refractivity contribution >= 4 is 47.8 Å². The van der Waals surface area contributed by atoms with Gasteiger partial charge < -0.3 is 0 Å². The van der Waals surface area contributed by atoms with Crippen molar-refractivity contribution in [3.63, 3.8) is 0 Å². The van der Waals surface area contributed by atoms with Gasteiger partial charge in [0.25, 0.3) is 0 Å². The van der Waals surface area contributed by atoms with Gasteiger partial charge in [-0.1, -0.05) is 246 Å². The molecular weight excluding hydrogens is 1360 g/mol. The third kappa shape index (κ3) is 14.5. The third-order valence-corrected chi connectivity index (χ3v) is 21.6. The van der Waals surface area contributed by atoms with E-state index in [1.54, 1.807) is 0 Å². The summed E-state index contributed by atoms with van der Waals surface area (Å²) in [6, 6.07) is 64.1. The second-order valence-corrected chi connectivity index (χ2v) is 33.1. The van der Waals surface area contributed by atoms with Crippen molar-refractivity contribution in [1.29, 1.82) is 0 Å². The van der Waals surface area contributed by atoms with E-state index in [2.05, 4.69) is 278 Å². The number of benzene rings is 8. The summed E-state index contributed by atoms with van der Waals surface area (Å²) in [5, 5.41) is 0. The molecule has 482 valence electrons. The molecule has 95 heavy (non-hydrogen) atoms. The van der Waals surface area contributed by atoms with Crippen molar-refractivity contribution in [3.05, 3.63) is 276 Å². The van der Waals surface area contributed by atoms with E-state index in [1.165, 1.54) is 79.9 Å². The van der Waals surface area contributed by atoms with E-state index in [0.717, 1.165) is 117 Å². The van der Waals surface area contributed by atoms with Crippen molar-refractivity contribution in [2.24, 2.45) is 0 Å². The smallest absolute Gasteiger partial charge is 0.123 e. The first kappa shape index (κ1) is 67.5. The van der Waals surface area contributed by atoms with Gasteiger partial charge in [0, 0.05) is 59.8 Å². The average Bonchev–Trinajstić information content (AvgIpc) is 0.777. The van der Waals surface area contributed by atoms with Crippen molar-refractivity contribution in [2.75, 3.05) is 0 Å². The molecule has 8 heteroatoms. The van der Waals surface area contributed by atoms with Crippen LogP contribution in [0.1, 0.15) is 170 Å². The standard InChI is InChI=1S/C87H84Br3F2N3/c1-51-37-81(94-49-76(51)53-15-25-65(91)26-16-53)55-20-30-71(79(89)42-55)74-46-62(85(6,7)8)22-32-67(74)58-39-59(41-60(40-58)73-45-61(84(3,4)5)24-34-69(73)70-29-19-57(44-78(70)88)83-48-64(35-36-93-83)87(12,13)14)68-33-23-63(86(9,10)11)47-75(68)72-31-21-56(43-80(72)90)82-38-52(2)77(50-95-82)54-17-27-66(92)28-18-54/h15-38,42-50,58-60H,39-41H2,1-14H3. The van der Waals surface area contributed by atoms with Crippen LogP contribution in [0.2, 0.25) is 0 Å². The second-order valence-electron chi connectivity index (χ2n) is 30.5. The molecule has 0 radical (unpaired) electrons. The molecule has 11 aromatic rings. The largest absolute Gasteiger partial charge is 0.256 e. The van der Waals surface area contributed by atoms with Gasteiger partial charge in [-0.25, -0.2) is 8.78 Å². The van der Waals surface area contributed by atoms with Gasteiger partial charge in [-0.05, 0) is 234 Å². The highest BCUT2D eigenvalue weighted by Crippen LogP contribution is 2.55. The Labute approximate surface area is 587 Å². The summed E-state index contributed by atoms with van der Waals surface area (Å²) < 4.78 is 31.0. The highest BCUT2D eigenvalue weighted by molar-refractivity contribution is 9.11. The maximum Gasteiger partial charge on any atom is 0.123 e. The highest BCUT2D eigenvalue weighted by atomic mass is 79.9. The van der Waals surface area contributed by atoms with E-state index in [4.69, 9.17) is 15.0 Å². The van der Waals surface area contributed by atoms with Gasteiger partial charge in [-0.3, -0.25) is 15.0 Å². The molecule has 12 rings (SSSR count). The summed E-state index contributed by atoms with van der Waals surface area (Å²) in [5.41, 5.74) is 27.8. The van der Waals surface area contributed by atoms with Crippen molar-refractivity contribution in [2.45, 2.75) is 156 Å². The fourth-order valence-electron chi connectivity index (χ4n) is 13.9. The van der Waals surface area contributed by atoms with Gasteiger partial charge in [0.05, 0.1) is 17.1 Å². The zero-order valence-electron chi connectivity index (χ0n) is 57.1. The van der Waals surface area contributed by atoms with Crippen LogP contribution in [0.15, 0.2) is 214 Å². The molecule has 1 aliphatic rings. The average molecular weight is 1450 g/mol. The van der Waals surface area contributed by atoms with E-state index in [-0.39, 0.29) is 51.0 Å². The van der Waals surface area contributed by atoms with E-state index in [9.17, 15) is 8.78 Å². The summed E-state index contributed by atoms with van der Waals surface area (Å²) in [6.07, 6.45) is 8.58. The molecule has 2 unspecified atom stereocenters. The van der Waals surface area contributed by atoms with E-state index >= 15 is 0 Å². The quantitative estimate of drug-likeness (QED) is 0.130. The molecule has 3 nitrogen and oxygen atoms in total. The molecular formula is C87H84Br3F2N3. The number of pyridine rings is 3. The van der Waals surface area contributed by atoms with Crippen LogP contribution in [0.25, 0.3) is 89.4 Å². The summed E-state index contributed by atoms with van der Waals surface area (Å²) in [7, 11) is 0. The van der Waals surface area contributed by atoms with Crippen molar-refractivity contribution in [1.82, 2.24) is 15.0 Å². The van der Waals surface area contributed by atoms with Crippen LogP contribution in [0.3, 0.4) is 0 Å². The fraction of sp³-hybridized carbons (Fsp3) is 0.276. The van der Waals surface area contributed by atoms with Gasteiger partial charge in [0.2, 0.25) is 0 Å². The normalized spacial score (nSPS) is 15.5. The summed E-state index contributed by atoms with van der Waals surface area (Å²) in [5.74, 6) is -0.0812. The van der Waals surface area contributed by atoms with Crippen LogP contribution in [-0.2, 0) is 21.7 Å². The van der Waals surface area contributed by atoms with Crippen molar-refractivity contribution < 1.29 is 8.78 Å². The number of halogens is 5. The second kappa shape index (κ2) is 26.5. The Morgan fingerprint density at radius 2 is 0.632 bits per heavy atom. The maximum absolute atomic E-state index is 14.0. The molecule has 0 bridgehead atoms. The molecule has 1 aliphatic carbocycles. The first-order valence-corrected chi connectivity index (χ1v) is 35.6. The van der Waals surface area contributed by atoms with Gasteiger partial charge in [0.15, 0.2) is 0 Å². The predicted octanol–water partition coefficient (Wildman–Crippen LogP) is 26.4. The maximum atomic E-state index is 14.0. The zero-order chi connectivity index (χ0) is 67.6. The number of rotatable bonds is 11. The molecule has 3 aromatic heterocycles. The van der Waals surface area contributed by atoms with E-state index < -0.39 is 0 Å². The summed E-state index contributed by atoms with van der Waals surface area (Å²) in [6.45, 7) is 31.8. The number of nitrogens with zero attached hydrogens (tertiary/aromatic N) is 3. The van der Waals surface area contributed by atoms with Gasteiger partial charge >= 0.3 is 0 Å². The number of aromatic nitrogens is 3. The van der Waals surface area contributed by atoms with Crippen LogP contribution in [0.5, 0.6) is 0 Å². The minimum atomic E-state index is -0.257. The predicted molar refractivity (Wildman–Crippen MR) is 406 cm³/mol. The van der Waals surface area contributed by atoms with Crippen molar-refractivity contribution in [3.8, 4) is 89.4 Å². The van der Waals surface area contributed by atoms with E-state index in [1.807, 2.05) is 42.9 Å². The van der Waals surface area contributed by atoms with Gasteiger partial charge in [0.1, 0.15) is 11.6 Å². The molecule has 0 aliphatic heterocycles. The molecule has 0 amide bonds. The minimum absolute atomic E-state index is 0.0139. The minimum Gasteiger partial charge on any atom is -0.256 e. The lowest BCUT2D eigenvalue weighted by molar-refractivity contribution is 0.352. The number of aryl methyl sites for hydroxylation is 2. The Hall–Kier alpha value is -7.49.